The molecule has 3 N–H and O–H groups in total. The maximum Gasteiger partial charge on any atom is 0.262 e. The fraction of sp³-hybridized carbons (Fsp3) is 0.500. The Morgan fingerprint density at radius 3 is 2.29 bits per heavy atom. The Kier molecular flexibility index (Phi) is 8.68. The number of pyridine rings is 1. The average molecular weight is 660 g/mol. The van der Waals surface area contributed by atoms with E-state index >= 15 is 0 Å². The molecule has 1 aromatic heterocycles. The molecule has 256 valence electrons. The van der Waals surface area contributed by atoms with Crippen molar-refractivity contribution < 1.29 is 28.6 Å². The van der Waals surface area contributed by atoms with Gasteiger partial charge < -0.3 is 29.8 Å². The van der Waals surface area contributed by atoms with Crippen LogP contribution >= 0.6 is 0 Å². The zero-order valence-electron chi connectivity index (χ0n) is 28.7. The largest absolute Gasteiger partial charge is 0.490 e. The van der Waals surface area contributed by atoms with Crippen molar-refractivity contribution >= 4 is 11.8 Å². The summed E-state index contributed by atoms with van der Waals surface area (Å²) in [6.45, 7) is 8.41. The number of aromatic nitrogens is 1. The van der Waals surface area contributed by atoms with Crippen LogP contribution in [0.2, 0.25) is 0 Å². The summed E-state index contributed by atoms with van der Waals surface area (Å²) in [6, 6.07) is 9.85. The molecule has 0 radical (unpaired) electrons. The molecular formula is C38H46FN3O6. The number of nitrogens with one attached hydrogen (secondary N) is 2. The molecule has 0 aliphatic heterocycles. The third kappa shape index (κ3) is 6.46. The van der Waals surface area contributed by atoms with Crippen LogP contribution in [0.3, 0.4) is 0 Å². The highest BCUT2D eigenvalue weighted by Gasteiger charge is 2.64. The topological polar surface area (TPSA) is 119 Å². The summed E-state index contributed by atoms with van der Waals surface area (Å²) in [5.41, 5.74) is 0.514. The second kappa shape index (κ2) is 12.4. The van der Waals surface area contributed by atoms with Gasteiger partial charge in [0.2, 0.25) is 11.8 Å². The van der Waals surface area contributed by atoms with Gasteiger partial charge in [-0.15, -0.1) is 0 Å². The Bertz CT molecular complexity index is 1790. The summed E-state index contributed by atoms with van der Waals surface area (Å²) in [5, 5.41) is 17.2. The van der Waals surface area contributed by atoms with E-state index in [1.807, 2.05) is 0 Å². The molecule has 2 bridgehead atoms. The van der Waals surface area contributed by atoms with Crippen molar-refractivity contribution in [1.82, 2.24) is 15.2 Å². The first-order chi connectivity index (χ1) is 22.6. The lowest BCUT2D eigenvalue weighted by Crippen LogP contribution is -2.60. The Balaban J connectivity index is 1.22. The molecule has 0 spiro atoms. The number of rotatable bonds is 9. The second-order valence-corrected chi connectivity index (χ2v) is 14.9. The number of hydrogen-bond donors (Lipinski definition) is 3. The maximum atomic E-state index is 14.1. The molecule has 3 aromatic rings. The highest BCUT2D eigenvalue weighted by Crippen LogP contribution is 2.61. The van der Waals surface area contributed by atoms with E-state index in [0.717, 1.165) is 25.7 Å². The van der Waals surface area contributed by atoms with Crippen molar-refractivity contribution in [2.75, 3.05) is 0 Å². The lowest BCUT2D eigenvalue weighted by molar-refractivity contribution is -0.139. The number of fused-ring (bicyclic) bond motifs is 1. The SMILES string of the molecule is CC(=O)NC12CCC(C(=O)NC3CCC(Oc4ccn(C)c(=O)c4-c4cc(C(C)(C)O)ccc4Oc4c(C)cc(F)cc4C)CC3)(C1)C2. The molecule has 9 nitrogen and oxygen atoms in total. The van der Waals surface area contributed by atoms with Crippen LogP contribution in [0.5, 0.6) is 17.2 Å². The molecule has 4 fully saturated rings. The first kappa shape index (κ1) is 33.7. The maximum absolute atomic E-state index is 14.1. The number of hydrogen-bond acceptors (Lipinski definition) is 6. The van der Waals surface area contributed by atoms with Gasteiger partial charge in [-0.1, -0.05) is 6.07 Å². The molecule has 2 amide bonds. The summed E-state index contributed by atoms with van der Waals surface area (Å²) < 4.78 is 28.6. The summed E-state index contributed by atoms with van der Waals surface area (Å²) in [6.07, 6.45) is 7.43. The Labute approximate surface area is 280 Å². The highest BCUT2D eigenvalue weighted by atomic mass is 19.1. The standard InChI is InChI=1S/C38H46FN3O6/c1-22-17-26(39)18-23(2)33(22)48-30-12-7-25(36(4,5)46)19-29(30)32-31(13-16-42(6)34(32)44)47-28-10-8-27(9-11-28)40-35(45)37-14-15-38(20-37,21-37)41-24(3)43/h7,12-13,16-19,27-28,46H,8-11,14-15,20-21H2,1-6H3,(H,40,45)(H,41,43). The van der Waals surface area contributed by atoms with Crippen LogP contribution in [0.1, 0.15) is 88.8 Å². The van der Waals surface area contributed by atoms with Crippen molar-refractivity contribution in [3.63, 3.8) is 0 Å². The van der Waals surface area contributed by atoms with E-state index in [9.17, 15) is 23.9 Å². The Hall–Kier alpha value is -4.18. The smallest absolute Gasteiger partial charge is 0.262 e. The van der Waals surface area contributed by atoms with E-state index < -0.39 is 5.60 Å². The summed E-state index contributed by atoms with van der Waals surface area (Å²) in [4.78, 5) is 38.8. The monoisotopic (exact) mass is 659 g/mol. The fourth-order valence-corrected chi connectivity index (χ4v) is 8.04. The van der Waals surface area contributed by atoms with Gasteiger partial charge in [-0.25, -0.2) is 4.39 Å². The van der Waals surface area contributed by atoms with Crippen LogP contribution in [0.4, 0.5) is 4.39 Å². The number of nitrogens with zero attached hydrogens (tertiary/aromatic N) is 1. The molecule has 2 aromatic carbocycles. The van der Waals surface area contributed by atoms with Gasteiger partial charge >= 0.3 is 0 Å². The van der Waals surface area contributed by atoms with E-state index in [2.05, 4.69) is 10.6 Å². The molecular weight excluding hydrogens is 613 g/mol. The van der Waals surface area contributed by atoms with Crippen LogP contribution in [0.15, 0.2) is 47.4 Å². The highest BCUT2D eigenvalue weighted by molar-refractivity contribution is 5.86. The van der Waals surface area contributed by atoms with Gasteiger partial charge in [0, 0.05) is 37.3 Å². The lowest BCUT2D eigenvalue weighted by atomic mass is 9.64. The number of benzene rings is 2. The number of amides is 2. The molecule has 4 aliphatic rings. The third-order valence-electron chi connectivity index (χ3n) is 10.5. The molecule has 4 aliphatic carbocycles. The number of ether oxygens (including phenoxy) is 2. The van der Waals surface area contributed by atoms with Gasteiger partial charge in [-0.2, -0.15) is 0 Å². The minimum absolute atomic E-state index is 0.0388. The zero-order chi connectivity index (χ0) is 34.6. The molecule has 48 heavy (non-hydrogen) atoms. The normalized spacial score (nSPS) is 24.8. The predicted molar refractivity (Wildman–Crippen MR) is 181 cm³/mol. The molecule has 10 heteroatoms. The summed E-state index contributed by atoms with van der Waals surface area (Å²) in [5.74, 6) is 0.960. The van der Waals surface area contributed by atoms with Crippen molar-refractivity contribution in [3.05, 3.63) is 75.5 Å². The quantitative estimate of drug-likeness (QED) is 0.256. The number of aryl methyl sites for hydroxylation is 3. The van der Waals surface area contributed by atoms with E-state index in [-0.39, 0.29) is 46.3 Å². The number of carbonyl (C=O) groups is 2. The van der Waals surface area contributed by atoms with Crippen molar-refractivity contribution in [3.8, 4) is 28.4 Å². The van der Waals surface area contributed by atoms with Crippen LogP contribution in [0, 0.1) is 25.1 Å². The van der Waals surface area contributed by atoms with Crippen molar-refractivity contribution in [2.24, 2.45) is 12.5 Å². The molecule has 4 saturated carbocycles. The first-order valence-electron chi connectivity index (χ1n) is 16.9. The molecule has 1 heterocycles. The van der Waals surface area contributed by atoms with Crippen LogP contribution in [-0.2, 0) is 22.2 Å². The Morgan fingerprint density at radius 2 is 1.67 bits per heavy atom. The van der Waals surface area contributed by atoms with Gasteiger partial charge in [0.1, 0.15) is 23.1 Å². The molecule has 7 rings (SSSR count). The number of carbonyl (C=O) groups excluding carboxylic acids is 2. The number of aliphatic hydroxyl groups is 1. The van der Waals surface area contributed by atoms with E-state index in [4.69, 9.17) is 9.47 Å². The van der Waals surface area contributed by atoms with Gasteiger partial charge in [-0.3, -0.25) is 14.4 Å². The van der Waals surface area contributed by atoms with Crippen LogP contribution in [0.25, 0.3) is 11.1 Å². The van der Waals surface area contributed by atoms with Crippen LogP contribution in [-0.4, -0.2) is 39.2 Å². The predicted octanol–water partition coefficient (Wildman–Crippen LogP) is 6.08. The first-order valence-corrected chi connectivity index (χ1v) is 16.9. The minimum Gasteiger partial charge on any atom is -0.490 e. The number of halogens is 1. The molecule has 0 atom stereocenters. The van der Waals surface area contributed by atoms with E-state index in [1.165, 1.54) is 23.6 Å². The van der Waals surface area contributed by atoms with Crippen LogP contribution < -0.4 is 25.7 Å². The van der Waals surface area contributed by atoms with E-state index in [0.29, 0.717) is 70.7 Å². The van der Waals surface area contributed by atoms with Gasteiger partial charge in [-0.05, 0) is 126 Å². The minimum atomic E-state index is -1.19. The lowest BCUT2D eigenvalue weighted by Gasteiger charge is -2.47. The van der Waals surface area contributed by atoms with Gasteiger partial charge in [0.15, 0.2) is 0 Å². The zero-order valence-corrected chi connectivity index (χ0v) is 28.7. The molecule has 0 unspecified atom stereocenters. The summed E-state index contributed by atoms with van der Waals surface area (Å²) in [7, 11) is 1.67. The van der Waals surface area contributed by atoms with Gasteiger partial charge in [0.25, 0.3) is 5.56 Å². The Morgan fingerprint density at radius 1 is 1.00 bits per heavy atom. The van der Waals surface area contributed by atoms with Gasteiger partial charge in [0.05, 0.1) is 22.7 Å². The molecule has 0 saturated heterocycles. The third-order valence-corrected chi connectivity index (χ3v) is 10.5. The van der Waals surface area contributed by atoms with Crippen molar-refractivity contribution in [1.29, 1.82) is 0 Å². The summed E-state index contributed by atoms with van der Waals surface area (Å²) >= 11 is 0. The second-order valence-electron chi connectivity index (χ2n) is 14.9. The van der Waals surface area contributed by atoms with Crippen molar-refractivity contribution in [2.45, 2.75) is 109 Å². The fourth-order valence-electron chi connectivity index (χ4n) is 8.04. The van der Waals surface area contributed by atoms with E-state index in [1.54, 1.807) is 65.2 Å². The average Bonchev–Trinajstić information content (AvgIpc) is 3.54.